The average Bonchev–Trinajstić information content (AvgIpc) is 2.60. The zero-order valence-corrected chi connectivity index (χ0v) is 12.8. The molecule has 0 aromatic carbocycles. The van der Waals surface area contributed by atoms with Crippen molar-refractivity contribution in [2.75, 3.05) is 0 Å². The van der Waals surface area contributed by atoms with Crippen molar-refractivity contribution >= 4 is 23.2 Å². The van der Waals surface area contributed by atoms with Crippen molar-refractivity contribution in [3.05, 3.63) is 16.1 Å². The Bertz CT molecular complexity index is 463. The molecule has 1 atom stereocenters. The zero-order valence-electron chi connectivity index (χ0n) is 11.9. The molecule has 0 aliphatic heterocycles. The van der Waals surface area contributed by atoms with Crippen molar-refractivity contribution in [2.45, 2.75) is 52.7 Å². The number of thiazole rings is 1. The second kappa shape index (κ2) is 6.14. The molecule has 106 valence electrons. The fourth-order valence-corrected chi connectivity index (χ4v) is 2.01. The molecule has 0 spiro atoms. The topological polar surface area (TPSA) is 68.3 Å². The van der Waals surface area contributed by atoms with E-state index in [1.165, 1.54) is 11.3 Å². The van der Waals surface area contributed by atoms with Crippen molar-refractivity contribution in [1.29, 1.82) is 0 Å². The number of rotatable bonds is 4. The van der Waals surface area contributed by atoms with E-state index in [1.54, 1.807) is 6.92 Å². The van der Waals surface area contributed by atoms with Gasteiger partial charge in [0, 0.05) is 10.9 Å². The second-order valence-electron chi connectivity index (χ2n) is 5.41. The molecule has 19 heavy (non-hydrogen) atoms. The minimum absolute atomic E-state index is 0.0947. The van der Waals surface area contributed by atoms with Gasteiger partial charge in [-0.1, -0.05) is 0 Å². The fourth-order valence-electron chi connectivity index (χ4n) is 1.40. The zero-order chi connectivity index (χ0) is 14.6. The third-order valence-corrected chi connectivity index (χ3v) is 2.99. The summed E-state index contributed by atoms with van der Waals surface area (Å²) >= 11 is 1.48. The number of hydrogen-bond donors (Lipinski definition) is 1. The molecule has 5 nitrogen and oxygen atoms in total. The molecule has 1 unspecified atom stereocenters. The SMILES string of the molecule is Cc1nc(CC(=O)OC(C)C(=O)NC(C)(C)C)cs1. The van der Waals surface area contributed by atoms with Crippen LogP contribution in [0.2, 0.25) is 0 Å². The normalized spacial score (nSPS) is 12.9. The summed E-state index contributed by atoms with van der Waals surface area (Å²) in [5.74, 6) is -0.739. The van der Waals surface area contributed by atoms with E-state index in [-0.39, 0.29) is 17.9 Å². The van der Waals surface area contributed by atoms with Crippen molar-refractivity contribution < 1.29 is 14.3 Å². The average molecular weight is 284 g/mol. The van der Waals surface area contributed by atoms with E-state index in [0.29, 0.717) is 5.69 Å². The van der Waals surface area contributed by atoms with Crippen LogP contribution in [0.1, 0.15) is 38.4 Å². The lowest BCUT2D eigenvalue weighted by Crippen LogP contribution is -2.46. The van der Waals surface area contributed by atoms with E-state index < -0.39 is 12.1 Å². The van der Waals surface area contributed by atoms with Crippen LogP contribution in [0.15, 0.2) is 5.38 Å². The van der Waals surface area contributed by atoms with E-state index >= 15 is 0 Å². The Kier molecular flexibility index (Phi) is 5.05. The Hall–Kier alpha value is -1.43. The van der Waals surface area contributed by atoms with Gasteiger partial charge in [-0.05, 0) is 34.6 Å². The van der Waals surface area contributed by atoms with Crippen LogP contribution in [0.3, 0.4) is 0 Å². The van der Waals surface area contributed by atoms with Crippen LogP contribution in [0.4, 0.5) is 0 Å². The van der Waals surface area contributed by atoms with Crippen LogP contribution in [0.5, 0.6) is 0 Å². The summed E-state index contributed by atoms with van der Waals surface area (Å²) in [4.78, 5) is 27.6. The van der Waals surface area contributed by atoms with Gasteiger partial charge in [0.25, 0.3) is 5.91 Å². The molecule has 0 fully saturated rings. The first kappa shape index (κ1) is 15.6. The van der Waals surface area contributed by atoms with Crippen LogP contribution in [0.25, 0.3) is 0 Å². The summed E-state index contributed by atoms with van der Waals surface area (Å²) in [5.41, 5.74) is 0.333. The summed E-state index contributed by atoms with van der Waals surface area (Å²) in [6.07, 6.45) is -0.705. The van der Waals surface area contributed by atoms with Gasteiger partial charge in [0.1, 0.15) is 0 Å². The maximum atomic E-state index is 11.7. The van der Waals surface area contributed by atoms with E-state index in [0.717, 1.165) is 5.01 Å². The molecule has 1 rings (SSSR count). The summed E-state index contributed by atoms with van der Waals surface area (Å²) in [5, 5.41) is 5.48. The number of amides is 1. The summed E-state index contributed by atoms with van der Waals surface area (Å²) < 4.78 is 5.08. The van der Waals surface area contributed by atoms with Gasteiger partial charge >= 0.3 is 5.97 Å². The summed E-state index contributed by atoms with van der Waals surface area (Å²) in [7, 11) is 0. The molecule has 0 aliphatic rings. The van der Waals surface area contributed by atoms with E-state index in [4.69, 9.17) is 4.74 Å². The van der Waals surface area contributed by atoms with Crippen molar-refractivity contribution in [1.82, 2.24) is 10.3 Å². The van der Waals surface area contributed by atoms with Crippen LogP contribution < -0.4 is 5.32 Å². The van der Waals surface area contributed by atoms with Gasteiger partial charge in [-0.3, -0.25) is 9.59 Å². The Morgan fingerprint density at radius 1 is 1.47 bits per heavy atom. The second-order valence-corrected chi connectivity index (χ2v) is 6.47. The number of aromatic nitrogens is 1. The Balaban J connectivity index is 2.46. The monoisotopic (exact) mass is 284 g/mol. The fraction of sp³-hybridized carbons (Fsp3) is 0.615. The largest absolute Gasteiger partial charge is 0.452 e. The molecule has 1 amide bonds. The number of aryl methyl sites for hydroxylation is 1. The lowest BCUT2D eigenvalue weighted by atomic mass is 10.1. The molecule has 0 saturated heterocycles. The van der Waals surface area contributed by atoms with Crippen LogP contribution in [-0.4, -0.2) is 28.5 Å². The minimum Gasteiger partial charge on any atom is -0.452 e. The molecule has 0 radical (unpaired) electrons. The van der Waals surface area contributed by atoms with Crippen molar-refractivity contribution in [3.63, 3.8) is 0 Å². The Labute approximate surface area is 117 Å². The van der Waals surface area contributed by atoms with Gasteiger partial charge in [-0.25, -0.2) is 4.98 Å². The van der Waals surface area contributed by atoms with E-state index in [9.17, 15) is 9.59 Å². The Morgan fingerprint density at radius 3 is 2.58 bits per heavy atom. The lowest BCUT2D eigenvalue weighted by Gasteiger charge is -2.23. The highest BCUT2D eigenvalue weighted by Gasteiger charge is 2.22. The smallest absolute Gasteiger partial charge is 0.312 e. The van der Waals surface area contributed by atoms with Crippen LogP contribution in [0, 0.1) is 6.92 Å². The number of esters is 1. The predicted octanol–water partition coefficient (Wildman–Crippen LogP) is 1.84. The van der Waals surface area contributed by atoms with Crippen molar-refractivity contribution in [2.24, 2.45) is 0 Å². The highest BCUT2D eigenvalue weighted by atomic mass is 32.1. The highest BCUT2D eigenvalue weighted by molar-refractivity contribution is 7.09. The first-order valence-corrected chi connectivity index (χ1v) is 6.98. The van der Waals surface area contributed by atoms with Gasteiger partial charge in [0.05, 0.1) is 17.1 Å². The van der Waals surface area contributed by atoms with Gasteiger partial charge in [0.15, 0.2) is 6.10 Å². The molecule has 0 aliphatic carbocycles. The molecule has 0 bridgehead atoms. The van der Waals surface area contributed by atoms with Crippen LogP contribution in [-0.2, 0) is 20.7 Å². The standard InChI is InChI=1S/C13H20N2O3S/c1-8(12(17)15-13(3,4)5)18-11(16)6-10-7-19-9(2)14-10/h7-8H,6H2,1-5H3,(H,15,17). The quantitative estimate of drug-likeness (QED) is 0.857. The molecular formula is C13H20N2O3S. The predicted molar refractivity (Wildman–Crippen MR) is 74.0 cm³/mol. The van der Waals surface area contributed by atoms with Gasteiger partial charge in [-0.2, -0.15) is 0 Å². The van der Waals surface area contributed by atoms with Gasteiger partial charge in [-0.15, -0.1) is 11.3 Å². The van der Waals surface area contributed by atoms with Crippen LogP contribution >= 0.6 is 11.3 Å². The molecule has 1 aromatic heterocycles. The maximum absolute atomic E-state index is 11.7. The summed E-state index contributed by atoms with van der Waals surface area (Å²) in [6, 6.07) is 0. The minimum atomic E-state index is -0.800. The lowest BCUT2D eigenvalue weighted by molar-refractivity contribution is -0.154. The molecule has 1 N–H and O–H groups in total. The van der Waals surface area contributed by atoms with E-state index in [2.05, 4.69) is 10.3 Å². The maximum Gasteiger partial charge on any atom is 0.312 e. The number of ether oxygens (including phenoxy) is 1. The van der Waals surface area contributed by atoms with E-state index in [1.807, 2.05) is 33.1 Å². The van der Waals surface area contributed by atoms with Crippen molar-refractivity contribution in [3.8, 4) is 0 Å². The number of carbonyl (C=O) groups excluding carboxylic acids is 2. The first-order chi connectivity index (χ1) is 8.67. The number of nitrogens with one attached hydrogen (secondary N) is 1. The molecule has 6 heteroatoms. The highest BCUT2D eigenvalue weighted by Crippen LogP contribution is 2.09. The Morgan fingerprint density at radius 2 is 2.11 bits per heavy atom. The van der Waals surface area contributed by atoms with Gasteiger partial charge in [0.2, 0.25) is 0 Å². The molecule has 1 heterocycles. The number of nitrogens with zero attached hydrogens (tertiary/aromatic N) is 1. The molecule has 0 saturated carbocycles. The number of carbonyl (C=O) groups is 2. The third kappa shape index (κ3) is 5.83. The molecular weight excluding hydrogens is 264 g/mol. The first-order valence-electron chi connectivity index (χ1n) is 6.10. The summed E-state index contributed by atoms with van der Waals surface area (Å²) in [6.45, 7) is 9.05. The molecule has 1 aromatic rings. The third-order valence-electron chi connectivity index (χ3n) is 2.17. The van der Waals surface area contributed by atoms with Gasteiger partial charge < -0.3 is 10.1 Å². The number of hydrogen-bond acceptors (Lipinski definition) is 5.